The molecule has 1 heterocycles. The van der Waals surface area contributed by atoms with Crippen LogP contribution in [0.4, 0.5) is 5.95 Å². The number of hydrogen-bond donors (Lipinski definition) is 2. The molecular weight excluding hydrogens is 240 g/mol. The first-order valence-corrected chi connectivity index (χ1v) is 5.96. The molecule has 0 bridgehead atoms. The SMILES string of the molecule is CNC(=O)c1c(C)nc(N)nc1-c1ccc(C)cc1. The van der Waals surface area contributed by atoms with Gasteiger partial charge in [-0.2, -0.15) is 0 Å². The van der Waals surface area contributed by atoms with Crippen LogP contribution < -0.4 is 11.1 Å². The van der Waals surface area contributed by atoms with Crippen molar-refractivity contribution in [2.24, 2.45) is 0 Å². The lowest BCUT2D eigenvalue weighted by Crippen LogP contribution is -2.21. The van der Waals surface area contributed by atoms with E-state index in [1.54, 1.807) is 14.0 Å². The van der Waals surface area contributed by atoms with Gasteiger partial charge in [0.05, 0.1) is 17.0 Å². The summed E-state index contributed by atoms with van der Waals surface area (Å²) < 4.78 is 0. The van der Waals surface area contributed by atoms with Gasteiger partial charge in [0.2, 0.25) is 5.95 Å². The molecule has 2 aromatic rings. The Labute approximate surface area is 111 Å². The third kappa shape index (κ3) is 2.54. The van der Waals surface area contributed by atoms with Gasteiger partial charge in [0.1, 0.15) is 0 Å². The van der Waals surface area contributed by atoms with Gasteiger partial charge < -0.3 is 11.1 Å². The number of carbonyl (C=O) groups is 1. The number of anilines is 1. The van der Waals surface area contributed by atoms with E-state index in [4.69, 9.17) is 5.73 Å². The minimum Gasteiger partial charge on any atom is -0.368 e. The van der Waals surface area contributed by atoms with E-state index in [-0.39, 0.29) is 11.9 Å². The van der Waals surface area contributed by atoms with E-state index in [2.05, 4.69) is 15.3 Å². The molecule has 98 valence electrons. The molecule has 1 aromatic carbocycles. The van der Waals surface area contributed by atoms with Gasteiger partial charge in [-0.15, -0.1) is 0 Å². The minimum atomic E-state index is -0.215. The number of rotatable bonds is 2. The predicted molar refractivity (Wildman–Crippen MR) is 74.7 cm³/mol. The Kier molecular flexibility index (Phi) is 3.46. The van der Waals surface area contributed by atoms with Gasteiger partial charge in [-0.25, -0.2) is 9.97 Å². The molecule has 0 atom stereocenters. The highest BCUT2D eigenvalue weighted by molar-refractivity contribution is 6.00. The van der Waals surface area contributed by atoms with Crippen LogP contribution in [-0.4, -0.2) is 22.9 Å². The molecule has 0 fully saturated rings. The van der Waals surface area contributed by atoms with Crippen LogP contribution in [0.5, 0.6) is 0 Å². The lowest BCUT2D eigenvalue weighted by molar-refractivity contribution is 0.0962. The Hall–Kier alpha value is -2.43. The van der Waals surface area contributed by atoms with Crippen molar-refractivity contribution in [2.75, 3.05) is 12.8 Å². The van der Waals surface area contributed by atoms with E-state index in [1.807, 2.05) is 31.2 Å². The summed E-state index contributed by atoms with van der Waals surface area (Å²) in [6.45, 7) is 3.75. The van der Waals surface area contributed by atoms with Gasteiger partial charge in [-0.05, 0) is 13.8 Å². The molecule has 19 heavy (non-hydrogen) atoms. The van der Waals surface area contributed by atoms with Gasteiger partial charge in [0, 0.05) is 12.6 Å². The summed E-state index contributed by atoms with van der Waals surface area (Å²) in [6.07, 6.45) is 0. The maximum atomic E-state index is 12.0. The zero-order valence-corrected chi connectivity index (χ0v) is 11.2. The quantitative estimate of drug-likeness (QED) is 0.857. The molecule has 5 heteroatoms. The van der Waals surface area contributed by atoms with E-state index in [9.17, 15) is 4.79 Å². The molecular formula is C14H16N4O. The van der Waals surface area contributed by atoms with Crippen LogP contribution in [0.1, 0.15) is 21.6 Å². The highest BCUT2D eigenvalue weighted by Gasteiger charge is 2.18. The van der Waals surface area contributed by atoms with E-state index in [1.165, 1.54) is 0 Å². The first-order valence-electron chi connectivity index (χ1n) is 5.96. The van der Waals surface area contributed by atoms with Crippen LogP contribution in [0.3, 0.4) is 0 Å². The standard InChI is InChI=1S/C14H16N4O/c1-8-4-6-10(7-5-8)12-11(13(19)16-3)9(2)17-14(15)18-12/h4-7H,1-3H3,(H,16,19)(H2,15,17,18). The van der Waals surface area contributed by atoms with E-state index in [0.717, 1.165) is 11.1 Å². The molecule has 5 nitrogen and oxygen atoms in total. The third-order valence-corrected chi connectivity index (χ3v) is 2.89. The monoisotopic (exact) mass is 256 g/mol. The molecule has 0 radical (unpaired) electrons. The van der Waals surface area contributed by atoms with Gasteiger partial charge >= 0.3 is 0 Å². The Morgan fingerprint density at radius 1 is 1.16 bits per heavy atom. The average molecular weight is 256 g/mol. The number of aryl methyl sites for hydroxylation is 2. The first-order chi connectivity index (χ1) is 9.02. The van der Waals surface area contributed by atoms with Crippen LogP contribution in [0.25, 0.3) is 11.3 Å². The lowest BCUT2D eigenvalue weighted by atomic mass is 10.0. The number of nitrogens with one attached hydrogen (secondary N) is 1. The van der Waals surface area contributed by atoms with Crippen LogP contribution in [0, 0.1) is 13.8 Å². The summed E-state index contributed by atoms with van der Waals surface area (Å²) in [5, 5.41) is 2.60. The Morgan fingerprint density at radius 3 is 2.37 bits per heavy atom. The Morgan fingerprint density at radius 2 is 1.79 bits per heavy atom. The summed E-state index contributed by atoms with van der Waals surface area (Å²) >= 11 is 0. The number of amides is 1. The summed E-state index contributed by atoms with van der Waals surface area (Å²) in [7, 11) is 1.58. The molecule has 0 saturated carbocycles. The molecule has 1 amide bonds. The molecule has 0 unspecified atom stereocenters. The number of nitrogen functional groups attached to an aromatic ring is 1. The molecule has 0 aliphatic heterocycles. The van der Waals surface area contributed by atoms with Crippen LogP contribution in [-0.2, 0) is 0 Å². The molecule has 1 aromatic heterocycles. The number of benzene rings is 1. The highest BCUT2D eigenvalue weighted by atomic mass is 16.1. The highest BCUT2D eigenvalue weighted by Crippen LogP contribution is 2.24. The third-order valence-electron chi connectivity index (χ3n) is 2.89. The summed E-state index contributed by atoms with van der Waals surface area (Å²) in [5.41, 5.74) is 9.26. The molecule has 0 aliphatic rings. The molecule has 0 aliphatic carbocycles. The van der Waals surface area contributed by atoms with Gasteiger partial charge in [0.15, 0.2) is 0 Å². The summed E-state index contributed by atoms with van der Waals surface area (Å²) in [5.74, 6) is -0.0474. The van der Waals surface area contributed by atoms with Gasteiger partial charge in [-0.1, -0.05) is 29.8 Å². The van der Waals surface area contributed by atoms with E-state index >= 15 is 0 Å². The Balaban J connectivity index is 2.67. The van der Waals surface area contributed by atoms with Crippen molar-refractivity contribution in [3.8, 4) is 11.3 Å². The zero-order valence-electron chi connectivity index (χ0n) is 11.2. The fraction of sp³-hybridized carbons (Fsp3) is 0.214. The Bertz CT molecular complexity index is 620. The fourth-order valence-electron chi connectivity index (χ4n) is 1.91. The van der Waals surface area contributed by atoms with Crippen molar-refractivity contribution >= 4 is 11.9 Å². The van der Waals surface area contributed by atoms with Crippen molar-refractivity contribution in [2.45, 2.75) is 13.8 Å². The molecule has 2 rings (SSSR count). The van der Waals surface area contributed by atoms with Crippen molar-refractivity contribution in [1.29, 1.82) is 0 Å². The van der Waals surface area contributed by atoms with E-state index in [0.29, 0.717) is 17.0 Å². The van der Waals surface area contributed by atoms with Crippen LogP contribution in [0.2, 0.25) is 0 Å². The van der Waals surface area contributed by atoms with Gasteiger partial charge in [-0.3, -0.25) is 4.79 Å². The number of hydrogen-bond acceptors (Lipinski definition) is 4. The second-order valence-electron chi connectivity index (χ2n) is 4.34. The molecule has 3 N–H and O–H groups in total. The smallest absolute Gasteiger partial charge is 0.255 e. The fourth-order valence-corrected chi connectivity index (χ4v) is 1.91. The summed E-state index contributed by atoms with van der Waals surface area (Å²) in [6, 6.07) is 7.78. The number of carbonyl (C=O) groups excluding carboxylic acids is 1. The summed E-state index contributed by atoms with van der Waals surface area (Å²) in [4.78, 5) is 20.2. The van der Waals surface area contributed by atoms with E-state index < -0.39 is 0 Å². The second kappa shape index (κ2) is 5.06. The maximum absolute atomic E-state index is 12.0. The number of nitrogens with two attached hydrogens (primary N) is 1. The number of aromatic nitrogens is 2. The topological polar surface area (TPSA) is 80.9 Å². The van der Waals surface area contributed by atoms with Gasteiger partial charge in [0.25, 0.3) is 5.91 Å². The molecule has 0 saturated heterocycles. The molecule has 0 spiro atoms. The van der Waals surface area contributed by atoms with Crippen molar-refractivity contribution in [3.05, 3.63) is 41.1 Å². The maximum Gasteiger partial charge on any atom is 0.255 e. The zero-order chi connectivity index (χ0) is 14.0. The van der Waals surface area contributed by atoms with Crippen LogP contribution in [0.15, 0.2) is 24.3 Å². The van der Waals surface area contributed by atoms with Crippen molar-refractivity contribution in [3.63, 3.8) is 0 Å². The average Bonchev–Trinajstić information content (AvgIpc) is 2.38. The number of nitrogens with zero attached hydrogens (tertiary/aromatic N) is 2. The van der Waals surface area contributed by atoms with Crippen molar-refractivity contribution < 1.29 is 4.79 Å². The predicted octanol–water partition coefficient (Wildman–Crippen LogP) is 1.70. The van der Waals surface area contributed by atoms with Crippen LogP contribution >= 0.6 is 0 Å². The van der Waals surface area contributed by atoms with Crippen molar-refractivity contribution in [1.82, 2.24) is 15.3 Å². The second-order valence-corrected chi connectivity index (χ2v) is 4.34. The first kappa shape index (κ1) is 13.0. The normalized spacial score (nSPS) is 10.3. The minimum absolute atomic E-state index is 0.167. The lowest BCUT2D eigenvalue weighted by Gasteiger charge is -2.11. The largest absolute Gasteiger partial charge is 0.368 e.